The predicted molar refractivity (Wildman–Crippen MR) is 76.5 cm³/mol. The van der Waals surface area contributed by atoms with Gasteiger partial charge in [-0.1, -0.05) is 23.9 Å². The monoisotopic (exact) mass is 285 g/mol. The van der Waals surface area contributed by atoms with Crippen LogP contribution in [-0.4, -0.2) is 18.8 Å². The van der Waals surface area contributed by atoms with Crippen LogP contribution in [0.4, 0.5) is 5.69 Å². The number of Topliss-reactive ketones (excluding diaryl/α,β-unsaturated/α-hetero) is 1. The standard InChI is InChI=1S/C15H11NO3S/c1-19-12-4-2-3-5-13(12)20-9-6-7-10-11(8-9)16-15(18)14(10)17/h2-8H,1H3,(H,16,17,18). The highest BCUT2D eigenvalue weighted by atomic mass is 32.2. The van der Waals surface area contributed by atoms with Crippen LogP contribution < -0.4 is 10.1 Å². The summed E-state index contributed by atoms with van der Waals surface area (Å²) in [6.07, 6.45) is 0. The van der Waals surface area contributed by atoms with Crippen LogP contribution in [0.15, 0.2) is 52.3 Å². The van der Waals surface area contributed by atoms with E-state index in [0.717, 1.165) is 15.5 Å². The lowest BCUT2D eigenvalue weighted by molar-refractivity contribution is -0.112. The summed E-state index contributed by atoms with van der Waals surface area (Å²) in [5.74, 6) is -0.258. The van der Waals surface area contributed by atoms with Crippen LogP contribution in [0.25, 0.3) is 0 Å². The molecule has 2 aromatic carbocycles. The summed E-state index contributed by atoms with van der Waals surface area (Å²) < 4.78 is 5.30. The van der Waals surface area contributed by atoms with Crippen molar-refractivity contribution >= 4 is 29.1 Å². The fourth-order valence-electron chi connectivity index (χ4n) is 2.02. The molecule has 0 spiro atoms. The van der Waals surface area contributed by atoms with E-state index >= 15 is 0 Å². The van der Waals surface area contributed by atoms with Gasteiger partial charge in [0, 0.05) is 4.90 Å². The van der Waals surface area contributed by atoms with Gasteiger partial charge in [-0.3, -0.25) is 9.59 Å². The van der Waals surface area contributed by atoms with Crippen LogP contribution in [0, 0.1) is 0 Å². The van der Waals surface area contributed by atoms with Gasteiger partial charge >= 0.3 is 0 Å². The van der Waals surface area contributed by atoms with Crippen molar-refractivity contribution in [3.8, 4) is 5.75 Å². The van der Waals surface area contributed by atoms with Crippen molar-refractivity contribution < 1.29 is 14.3 Å². The fraction of sp³-hybridized carbons (Fsp3) is 0.0667. The second-order valence-electron chi connectivity index (χ2n) is 4.24. The fourth-order valence-corrected chi connectivity index (χ4v) is 2.99. The minimum absolute atomic E-state index is 0.430. The highest BCUT2D eigenvalue weighted by molar-refractivity contribution is 7.99. The van der Waals surface area contributed by atoms with E-state index in [2.05, 4.69) is 5.32 Å². The molecule has 0 fully saturated rings. The van der Waals surface area contributed by atoms with Crippen molar-refractivity contribution in [1.82, 2.24) is 0 Å². The molecular formula is C15H11NO3S. The minimum atomic E-state index is -0.570. The Hall–Kier alpha value is -2.27. The molecule has 0 saturated carbocycles. The molecule has 4 nitrogen and oxygen atoms in total. The van der Waals surface area contributed by atoms with Crippen LogP contribution in [0.5, 0.6) is 5.75 Å². The lowest BCUT2D eigenvalue weighted by Crippen LogP contribution is -2.12. The molecule has 20 heavy (non-hydrogen) atoms. The normalized spacial score (nSPS) is 13.1. The second kappa shape index (κ2) is 5.02. The number of fused-ring (bicyclic) bond motifs is 1. The molecule has 5 heteroatoms. The molecule has 1 N–H and O–H groups in total. The number of hydrogen-bond donors (Lipinski definition) is 1. The Bertz CT molecular complexity index is 712. The highest BCUT2D eigenvalue weighted by Gasteiger charge is 2.27. The van der Waals surface area contributed by atoms with E-state index in [9.17, 15) is 9.59 Å². The molecule has 0 radical (unpaired) electrons. The number of anilines is 1. The Kier molecular flexibility index (Phi) is 3.20. The predicted octanol–water partition coefficient (Wildman–Crippen LogP) is 2.98. The first kappa shape index (κ1) is 12.7. The third-order valence-corrected chi connectivity index (χ3v) is 4.03. The Labute approximate surface area is 120 Å². The molecular weight excluding hydrogens is 274 g/mol. The topological polar surface area (TPSA) is 55.4 Å². The largest absolute Gasteiger partial charge is 0.496 e. The molecule has 1 heterocycles. The first-order chi connectivity index (χ1) is 9.69. The Morgan fingerprint density at radius 2 is 1.90 bits per heavy atom. The van der Waals surface area contributed by atoms with Gasteiger partial charge < -0.3 is 10.1 Å². The van der Waals surface area contributed by atoms with Gasteiger partial charge in [0.1, 0.15) is 5.75 Å². The van der Waals surface area contributed by atoms with Gasteiger partial charge in [0.25, 0.3) is 11.7 Å². The Morgan fingerprint density at radius 3 is 2.70 bits per heavy atom. The van der Waals surface area contributed by atoms with E-state index in [1.807, 2.05) is 30.3 Å². The van der Waals surface area contributed by atoms with Crippen molar-refractivity contribution in [2.45, 2.75) is 9.79 Å². The summed E-state index contributed by atoms with van der Waals surface area (Å²) in [6.45, 7) is 0. The van der Waals surface area contributed by atoms with Crippen LogP contribution in [0.3, 0.4) is 0 Å². The lowest BCUT2D eigenvalue weighted by atomic mass is 10.1. The zero-order chi connectivity index (χ0) is 14.1. The molecule has 0 aromatic heterocycles. The average molecular weight is 285 g/mol. The van der Waals surface area contributed by atoms with Crippen LogP contribution in [0.2, 0.25) is 0 Å². The average Bonchev–Trinajstić information content (AvgIpc) is 2.74. The van der Waals surface area contributed by atoms with E-state index in [4.69, 9.17) is 4.74 Å². The summed E-state index contributed by atoms with van der Waals surface area (Å²) in [5.41, 5.74) is 0.999. The molecule has 100 valence electrons. The lowest BCUT2D eigenvalue weighted by Gasteiger charge is -2.08. The zero-order valence-corrected chi connectivity index (χ0v) is 11.5. The Morgan fingerprint density at radius 1 is 1.10 bits per heavy atom. The zero-order valence-electron chi connectivity index (χ0n) is 10.7. The molecule has 1 aliphatic rings. The van der Waals surface area contributed by atoms with Gasteiger partial charge in [0.05, 0.1) is 23.3 Å². The number of rotatable bonds is 3. The summed E-state index contributed by atoms with van der Waals surface area (Å²) in [5, 5.41) is 2.57. The second-order valence-corrected chi connectivity index (χ2v) is 5.36. The summed E-state index contributed by atoms with van der Waals surface area (Å²) in [4.78, 5) is 24.8. The first-order valence-electron chi connectivity index (χ1n) is 5.99. The summed E-state index contributed by atoms with van der Waals surface area (Å²) in [7, 11) is 1.63. The third-order valence-electron chi connectivity index (χ3n) is 2.99. The number of ether oxygens (including phenoxy) is 1. The molecule has 2 aromatic rings. The number of ketones is 1. The number of carbonyl (C=O) groups excluding carboxylic acids is 2. The van der Waals surface area contributed by atoms with Gasteiger partial charge in [-0.05, 0) is 30.3 Å². The van der Waals surface area contributed by atoms with Crippen LogP contribution in [-0.2, 0) is 4.79 Å². The van der Waals surface area contributed by atoms with E-state index in [1.165, 1.54) is 11.8 Å². The van der Waals surface area contributed by atoms with Gasteiger partial charge in [-0.25, -0.2) is 0 Å². The number of benzene rings is 2. The summed E-state index contributed by atoms with van der Waals surface area (Å²) in [6, 6.07) is 13.0. The van der Waals surface area contributed by atoms with Crippen LogP contribution >= 0.6 is 11.8 Å². The number of para-hydroxylation sites is 1. The molecule has 0 bridgehead atoms. The molecule has 0 saturated heterocycles. The maximum Gasteiger partial charge on any atom is 0.296 e. The SMILES string of the molecule is COc1ccccc1Sc1ccc2c(c1)NC(=O)C2=O. The maximum atomic E-state index is 11.5. The molecule has 0 aliphatic carbocycles. The minimum Gasteiger partial charge on any atom is -0.496 e. The van der Waals surface area contributed by atoms with E-state index in [1.54, 1.807) is 19.2 Å². The summed E-state index contributed by atoms with van der Waals surface area (Å²) >= 11 is 1.52. The highest BCUT2D eigenvalue weighted by Crippen LogP contribution is 2.37. The van der Waals surface area contributed by atoms with E-state index in [0.29, 0.717) is 11.3 Å². The van der Waals surface area contributed by atoms with Crippen molar-refractivity contribution in [2.75, 3.05) is 12.4 Å². The van der Waals surface area contributed by atoms with Crippen molar-refractivity contribution in [3.63, 3.8) is 0 Å². The van der Waals surface area contributed by atoms with E-state index < -0.39 is 11.7 Å². The number of carbonyl (C=O) groups is 2. The quantitative estimate of drug-likeness (QED) is 0.881. The van der Waals surface area contributed by atoms with E-state index in [-0.39, 0.29) is 0 Å². The van der Waals surface area contributed by atoms with Gasteiger partial charge in [-0.2, -0.15) is 0 Å². The molecule has 1 aliphatic heterocycles. The smallest absolute Gasteiger partial charge is 0.296 e. The van der Waals surface area contributed by atoms with Gasteiger partial charge in [0.15, 0.2) is 0 Å². The first-order valence-corrected chi connectivity index (χ1v) is 6.81. The number of hydrogen-bond acceptors (Lipinski definition) is 4. The van der Waals surface area contributed by atoms with Crippen LogP contribution in [0.1, 0.15) is 10.4 Å². The third kappa shape index (κ3) is 2.16. The van der Waals surface area contributed by atoms with Gasteiger partial charge in [-0.15, -0.1) is 0 Å². The molecule has 0 atom stereocenters. The number of amides is 1. The molecule has 0 unspecified atom stereocenters. The van der Waals surface area contributed by atoms with Crippen molar-refractivity contribution in [3.05, 3.63) is 48.0 Å². The van der Waals surface area contributed by atoms with Gasteiger partial charge in [0.2, 0.25) is 0 Å². The Balaban J connectivity index is 1.92. The van der Waals surface area contributed by atoms with Crippen molar-refractivity contribution in [1.29, 1.82) is 0 Å². The number of methoxy groups -OCH3 is 1. The van der Waals surface area contributed by atoms with Crippen molar-refractivity contribution in [2.24, 2.45) is 0 Å². The molecule has 3 rings (SSSR count). The maximum absolute atomic E-state index is 11.5. The number of nitrogens with one attached hydrogen (secondary N) is 1. The molecule has 1 amide bonds.